The van der Waals surface area contributed by atoms with Crippen LogP contribution in [0.5, 0.6) is 0 Å². The minimum atomic E-state index is -0.0397. The molecule has 1 aromatic rings. The van der Waals surface area contributed by atoms with Gasteiger partial charge in [-0.2, -0.15) is 0 Å². The zero-order chi connectivity index (χ0) is 19.8. The Bertz CT molecular complexity index is 655. The van der Waals surface area contributed by atoms with E-state index in [1.54, 1.807) is 0 Å². The second-order valence-electron chi connectivity index (χ2n) is 7.35. The van der Waals surface area contributed by atoms with E-state index in [1.807, 2.05) is 35.2 Å². The molecule has 3 amide bonds. The number of benzene rings is 1. The van der Waals surface area contributed by atoms with E-state index in [4.69, 9.17) is 4.74 Å². The fraction of sp³-hybridized carbons (Fsp3) is 0.571. The summed E-state index contributed by atoms with van der Waals surface area (Å²) in [4.78, 5) is 41.5. The Hall–Kier alpha value is -2.25. The lowest BCUT2D eigenvalue weighted by molar-refractivity contribution is -0.148. The zero-order valence-electron chi connectivity index (χ0n) is 16.3. The molecule has 7 nitrogen and oxygen atoms in total. The largest absolute Gasteiger partial charge is 0.367 e. The van der Waals surface area contributed by atoms with Crippen LogP contribution in [0.2, 0.25) is 0 Å². The fourth-order valence-electron chi connectivity index (χ4n) is 3.64. The van der Waals surface area contributed by atoms with E-state index in [0.717, 1.165) is 31.6 Å². The Morgan fingerprint density at radius 3 is 2.29 bits per heavy atom. The van der Waals surface area contributed by atoms with Gasteiger partial charge in [-0.15, -0.1) is 0 Å². The first-order chi connectivity index (χ1) is 13.6. The Kier molecular flexibility index (Phi) is 7.56. The van der Waals surface area contributed by atoms with Crippen LogP contribution in [-0.2, 0) is 25.7 Å². The molecular weight excluding hydrogens is 358 g/mol. The summed E-state index contributed by atoms with van der Waals surface area (Å²) in [6.45, 7) is 4.89. The van der Waals surface area contributed by atoms with E-state index in [9.17, 15) is 14.4 Å². The van der Waals surface area contributed by atoms with Crippen LogP contribution < -0.4 is 0 Å². The molecule has 0 spiro atoms. The Morgan fingerprint density at radius 1 is 0.929 bits per heavy atom. The molecular formula is C21H29N3O4. The Balaban J connectivity index is 1.30. The maximum atomic E-state index is 12.3. The van der Waals surface area contributed by atoms with Gasteiger partial charge < -0.3 is 9.64 Å². The molecule has 0 aliphatic carbocycles. The van der Waals surface area contributed by atoms with Crippen molar-refractivity contribution in [3.05, 3.63) is 35.9 Å². The van der Waals surface area contributed by atoms with Crippen LogP contribution in [0, 0.1) is 0 Å². The number of ether oxygens (including phenoxy) is 1. The van der Waals surface area contributed by atoms with Crippen LogP contribution in [0.1, 0.15) is 31.2 Å². The van der Waals surface area contributed by atoms with Crippen LogP contribution in [0.3, 0.4) is 0 Å². The highest BCUT2D eigenvalue weighted by atomic mass is 16.5. The predicted octanol–water partition coefficient (Wildman–Crippen LogP) is 1.28. The van der Waals surface area contributed by atoms with Crippen molar-refractivity contribution < 1.29 is 19.1 Å². The van der Waals surface area contributed by atoms with E-state index in [0.29, 0.717) is 45.5 Å². The lowest BCUT2D eigenvalue weighted by atomic mass is 10.1. The maximum Gasteiger partial charge on any atom is 0.248 e. The number of amides is 3. The van der Waals surface area contributed by atoms with Crippen molar-refractivity contribution in [3.63, 3.8) is 0 Å². The molecule has 1 aromatic carbocycles. The van der Waals surface area contributed by atoms with Crippen molar-refractivity contribution in [1.29, 1.82) is 0 Å². The Morgan fingerprint density at radius 2 is 1.61 bits per heavy atom. The number of rotatable bonds is 8. The van der Waals surface area contributed by atoms with Gasteiger partial charge in [-0.1, -0.05) is 30.3 Å². The number of imide groups is 1. The number of carbonyl (C=O) groups excluding carboxylic acids is 3. The summed E-state index contributed by atoms with van der Waals surface area (Å²) in [7, 11) is 0. The summed E-state index contributed by atoms with van der Waals surface area (Å²) in [6.07, 6.45) is 2.43. The van der Waals surface area contributed by atoms with Gasteiger partial charge in [-0.05, 0) is 24.9 Å². The summed E-state index contributed by atoms with van der Waals surface area (Å²) >= 11 is 0. The van der Waals surface area contributed by atoms with Gasteiger partial charge in [0, 0.05) is 45.6 Å². The van der Waals surface area contributed by atoms with Gasteiger partial charge in [0.25, 0.3) is 0 Å². The number of hydrogen-bond acceptors (Lipinski definition) is 5. The zero-order valence-corrected chi connectivity index (χ0v) is 16.3. The normalized spacial score (nSPS) is 18.6. The van der Waals surface area contributed by atoms with Crippen molar-refractivity contribution in [2.75, 3.05) is 45.9 Å². The van der Waals surface area contributed by atoms with E-state index < -0.39 is 0 Å². The smallest absolute Gasteiger partial charge is 0.248 e. The molecule has 2 heterocycles. The molecule has 0 N–H and O–H groups in total. The van der Waals surface area contributed by atoms with Gasteiger partial charge in [0.05, 0.1) is 6.61 Å². The topological polar surface area (TPSA) is 70.2 Å². The number of likely N-dealkylation sites (tertiary alicyclic amines) is 1. The maximum absolute atomic E-state index is 12.3. The van der Waals surface area contributed by atoms with E-state index in [2.05, 4.69) is 4.90 Å². The molecule has 28 heavy (non-hydrogen) atoms. The highest BCUT2D eigenvalue weighted by molar-refractivity contribution is 5.97. The second kappa shape index (κ2) is 10.3. The first kappa shape index (κ1) is 20.5. The van der Waals surface area contributed by atoms with Gasteiger partial charge in [-0.25, -0.2) is 0 Å². The third-order valence-electron chi connectivity index (χ3n) is 5.30. The molecule has 2 fully saturated rings. The molecule has 7 heteroatoms. The van der Waals surface area contributed by atoms with Crippen LogP contribution in [0.15, 0.2) is 30.3 Å². The highest BCUT2D eigenvalue weighted by Crippen LogP contribution is 2.13. The third-order valence-corrected chi connectivity index (χ3v) is 5.30. The van der Waals surface area contributed by atoms with Crippen LogP contribution in [0.4, 0.5) is 0 Å². The van der Waals surface area contributed by atoms with Gasteiger partial charge in [0.1, 0.15) is 6.61 Å². The molecule has 0 saturated carbocycles. The average molecular weight is 387 g/mol. The second-order valence-corrected chi connectivity index (χ2v) is 7.35. The lowest BCUT2D eigenvalue weighted by Crippen LogP contribution is -2.50. The molecule has 0 radical (unpaired) electrons. The van der Waals surface area contributed by atoms with E-state index in [-0.39, 0.29) is 24.3 Å². The van der Waals surface area contributed by atoms with Crippen molar-refractivity contribution in [1.82, 2.24) is 14.7 Å². The monoisotopic (exact) mass is 387 g/mol. The van der Waals surface area contributed by atoms with Crippen molar-refractivity contribution in [2.45, 2.75) is 32.3 Å². The van der Waals surface area contributed by atoms with E-state index >= 15 is 0 Å². The van der Waals surface area contributed by atoms with Crippen LogP contribution in [-0.4, -0.2) is 78.3 Å². The summed E-state index contributed by atoms with van der Waals surface area (Å²) in [5, 5.41) is 0. The molecule has 3 rings (SSSR count). The molecule has 2 saturated heterocycles. The van der Waals surface area contributed by atoms with Gasteiger partial charge in [0.2, 0.25) is 17.7 Å². The predicted molar refractivity (Wildman–Crippen MR) is 104 cm³/mol. The fourth-order valence-corrected chi connectivity index (χ4v) is 3.64. The highest BCUT2D eigenvalue weighted by Gasteiger charge is 2.26. The summed E-state index contributed by atoms with van der Waals surface area (Å²) in [6, 6.07) is 9.83. The van der Waals surface area contributed by atoms with Gasteiger partial charge >= 0.3 is 0 Å². The number of hydrogen-bond donors (Lipinski definition) is 0. The standard InChI is InChI=1S/C21H29N3O4/c25-19-8-4-9-20(26)24(19)11-5-10-22-12-14-23(15-13-22)21(27)17-28-16-18-6-2-1-3-7-18/h1-3,6-7H,4-5,8-17H2. The summed E-state index contributed by atoms with van der Waals surface area (Å²) < 4.78 is 5.54. The molecule has 152 valence electrons. The molecule has 0 aromatic heterocycles. The van der Waals surface area contributed by atoms with Crippen molar-refractivity contribution >= 4 is 17.7 Å². The van der Waals surface area contributed by atoms with Crippen LogP contribution >= 0.6 is 0 Å². The van der Waals surface area contributed by atoms with Gasteiger partial charge in [0.15, 0.2) is 0 Å². The first-order valence-electron chi connectivity index (χ1n) is 10.1. The minimum absolute atomic E-state index is 0.0279. The number of carbonyl (C=O) groups is 3. The quantitative estimate of drug-likeness (QED) is 0.629. The van der Waals surface area contributed by atoms with E-state index in [1.165, 1.54) is 4.90 Å². The number of piperidine rings is 1. The SMILES string of the molecule is O=C(COCc1ccccc1)N1CCN(CCCN2C(=O)CCCC2=O)CC1. The van der Waals surface area contributed by atoms with Crippen LogP contribution in [0.25, 0.3) is 0 Å². The summed E-state index contributed by atoms with van der Waals surface area (Å²) in [5.74, 6) is -0.0515. The van der Waals surface area contributed by atoms with Crippen molar-refractivity contribution in [3.8, 4) is 0 Å². The first-order valence-corrected chi connectivity index (χ1v) is 10.1. The average Bonchev–Trinajstić information content (AvgIpc) is 2.71. The molecule has 0 bridgehead atoms. The third kappa shape index (κ3) is 5.87. The number of nitrogens with zero attached hydrogens (tertiary/aromatic N) is 3. The molecule has 0 atom stereocenters. The molecule has 2 aliphatic heterocycles. The van der Waals surface area contributed by atoms with Crippen molar-refractivity contribution in [2.24, 2.45) is 0 Å². The lowest BCUT2D eigenvalue weighted by Gasteiger charge is -2.35. The molecule has 0 unspecified atom stereocenters. The van der Waals surface area contributed by atoms with Gasteiger partial charge in [-0.3, -0.25) is 24.2 Å². The molecule has 2 aliphatic rings. The Labute approximate surface area is 166 Å². The summed E-state index contributed by atoms with van der Waals surface area (Å²) in [5.41, 5.74) is 1.06. The number of piperazine rings is 1. The minimum Gasteiger partial charge on any atom is -0.367 e.